The number of nitrogens with zero attached hydrogens (tertiary/aromatic N) is 1. The van der Waals surface area contributed by atoms with E-state index in [1.165, 1.54) is 17.1 Å². The Morgan fingerprint density at radius 2 is 1.88 bits per heavy atom. The Labute approximate surface area is 162 Å². The highest BCUT2D eigenvalue weighted by atomic mass is 35.5. The molecule has 3 rings (SSSR count). The van der Waals surface area contributed by atoms with Crippen LogP contribution in [0.4, 0.5) is 0 Å². The van der Waals surface area contributed by atoms with Crippen LogP contribution in [0.1, 0.15) is 26.1 Å². The molecule has 0 N–H and O–H groups in total. The zero-order valence-electron chi connectivity index (χ0n) is 14.2. The summed E-state index contributed by atoms with van der Waals surface area (Å²) in [5, 5.41) is 0.632. The monoisotopic (exact) mass is 393 g/mol. The average molecular weight is 394 g/mol. The summed E-state index contributed by atoms with van der Waals surface area (Å²) in [4.78, 5) is 14.4. The first-order valence-electron chi connectivity index (χ1n) is 7.99. The van der Waals surface area contributed by atoms with Crippen molar-refractivity contribution in [3.05, 3.63) is 64.2 Å². The molecule has 1 saturated heterocycles. The molecule has 0 spiro atoms. The van der Waals surface area contributed by atoms with Gasteiger partial charge in [-0.3, -0.25) is 4.79 Å². The molecule has 3 nitrogen and oxygen atoms in total. The Hall–Kier alpha value is -1.30. The summed E-state index contributed by atoms with van der Waals surface area (Å²) in [5.74, 6) is 3.11. The van der Waals surface area contributed by atoms with E-state index in [9.17, 15) is 4.79 Å². The Balaban J connectivity index is 1.71. The average Bonchev–Trinajstić information content (AvgIpc) is 3.16. The van der Waals surface area contributed by atoms with E-state index in [1.54, 1.807) is 25.1 Å². The molecule has 1 aliphatic rings. The molecule has 0 radical (unpaired) electrons. The van der Waals surface area contributed by atoms with Crippen LogP contribution < -0.4 is 4.74 Å². The molecule has 0 unspecified atom stereocenters. The van der Waals surface area contributed by atoms with E-state index in [-0.39, 0.29) is 5.91 Å². The summed E-state index contributed by atoms with van der Waals surface area (Å²) < 4.78 is 5.86. The summed E-state index contributed by atoms with van der Waals surface area (Å²) in [6, 6.07) is 13.4. The lowest BCUT2D eigenvalue weighted by atomic mass is 10.1. The largest absolute Gasteiger partial charge is 0.496 e. The minimum atomic E-state index is -0.0136. The molecule has 6 heteroatoms. The second-order valence-electron chi connectivity index (χ2n) is 5.81. The van der Waals surface area contributed by atoms with Crippen LogP contribution in [0.5, 0.6) is 5.75 Å². The van der Waals surface area contributed by atoms with Gasteiger partial charge in [0.2, 0.25) is 0 Å². The van der Waals surface area contributed by atoms with Gasteiger partial charge in [0.25, 0.3) is 5.91 Å². The molecule has 25 heavy (non-hydrogen) atoms. The lowest BCUT2D eigenvalue weighted by Crippen LogP contribution is -2.26. The maximum Gasteiger partial charge on any atom is 0.253 e. The zero-order valence-corrected chi connectivity index (χ0v) is 16.6. The molecular weight excluding hydrogens is 374 g/mol. The smallest absolute Gasteiger partial charge is 0.253 e. The molecule has 2 aromatic carbocycles. The molecule has 1 amide bonds. The number of ether oxygens (including phenoxy) is 1. The number of hydrogen-bond acceptors (Lipinski definition) is 4. The van der Waals surface area contributed by atoms with Crippen molar-refractivity contribution in [3.8, 4) is 5.75 Å². The van der Waals surface area contributed by atoms with Crippen molar-refractivity contribution < 1.29 is 9.53 Å². The fourth-order valence-corrected chi connectivity index (χ4v) is 5.81. The number of rotatable bonds is 5. The second-order valence-corrected chi connectivity index (χ2v) is 8.97. The van der Waals surface area contributed by atoms with Crippen LogP contribution in [-0.2, 0) is 6.54 Å². The van der Waals surface area contributed by atoms with Crippen LogP contribution in [-0.4, -0.2) is 36.5 Å². The zero-order chi connectivity index (χ0) is 17.8. The van der Waals surface area contributed by atoms with Gasteiger partial charge in [-0.1, -0.05) is 23.7 Å². The number of carbonyl (C=O) groups excluding carboxylic acids is 1. The molecule has 0 atom stereocenters. The van der Waals surface area contributed by atoms with Crippen LogP contribution in [0.15, 0.2) is 42.5 Å². The first-order valence-corrected chi connectivity index (χ1v) is 10.5. The quantitative estimate of drug-likeness (QED) is 0.706. The van der Waals surface area contributed by atoms with Gasteiger partial charge in [-0.15, -0.1) is 23.5 Å². The third kappa shape index (κ3) is 4.46. The standard InChI is InChI=1S/C19H20ClNO2S2/c1-21(12-15-11-16(20)7-8-17(15)23-2)18(22)13-3-5-14(6-4-13)19-24-9-10-25-19/h3-8,11,19H,9-10,12H2,1-2H3. The van der Waals surface area contributed by atoms with E-state index in [0.29, 0.717) is 21.7 Å². The van der Waals surface area contributed by atoms with Crippen molar-refractivity contribution in [1.82, 2.24) is 4.90 Å². The van der Waals surface area contributed by atoms with Crippen molar-refractivity contribution in [3.63, 3.8) is 0 Å². The van der Waals surface area contributed by atoms with Crippen molar-refractivity contribution in [2.24, 2.45) is 0 Å². The van der Waals surface area contributed by atoms with Crippen LogP contribution in [0.25, 0.3) is 0 Å². The molecule has 1 fully saturated rings. The second kappa shape index (κ2) is 8.39. The normalized spacial score (nSPS) is 14.5. The Bertz CT molecular complexity index is 746. The van der Waals surface area contributed by atoms with Gasteiger partial charge in [0, 0.05) is 41.2 Å². The summed E-state index contributed by atoms with van der Waals surface area (Å²) in [5.41, 5.74) is 2.87. The first kappa shape index (κ1) is 18.5. The molecule has 0 aromatic heterocycles. The van der Waals surface area contributed by atoms with E-state index >= 15 is 0 Å². The predicted octanol–water partition coefficient (Wildman–Crippen LogP) is 5.10. The number of amides is 1. The summed E-state index contributed by atoms with van der Waals surface area (Å²) in [7, 11) is 3.41. The number of carbonyl (C=O) groups is 1. The van der Waals surface area contributed by atoms with E-state index < -0.39 is 0 Å². The number of benzene rings is 2. The first-order chi connectivity index (χ1) is 12.1. The molecule has 0 bridgehead atoms. The fraction of sp³-hybridized carbons (Fsp3) is 0.316. The van der Waals surface area contributed by atoms with Crippen LogP contribution in [0.2, 0.25) is 5.02 Å². The SMILES string of the molecule is COc1ccc(Cl)cc1CN(C)C(=O)c1ccc(C2SCCS2)cc1. The Morgan fingerprint density at radius 1 is 1.20 bits per heavy atom. The summed E-state index contributed by atoms with van der Waals surface area (Å²) in [6.07, 6.45) is 0. The maximum atomic E-state index is 12.7. The van der Waals surface area contributed by atoms with Gasteiger partial charge in [-0.05, 0) is 35.9 Å². The van der Waals surface area contributed by atoms with Gasteiger partial charge in [0.15, 0.2) is 0 Å². The minimum absolute atomic E-state index is 0.0136. The lowest BCUT2D eigenvalue weighted by molar-refractivity contribution is 0.0784. The highest BCUT2D eigenvalue weighted by Crippen LogP contribution is 2.45. The third-order valence-electron chi connectivity index (χ3n) is 4.05. The van der Waals surface area contributed by atoms with E-state index in [1.807, 2.05) is 47.8 Å². The Morgan fingerprint density at radius 3 is 2.52 bits per heavy atom. The van der Waals surface area contributed by atoms with E-state index in [2.05, 4.69) is 12.1 Å². The van der Waals surface area contributed by atoms with Crippen molar-refractivity contribution in [1.29, 1.82) is 0 Å². The molecular formula is C19H20ClNO2S2. The molecule has 2 aromatic rings. The number of hydrogen-bond donors (Lipinski definition) is 0. The van der Waals surface area contributed by atoms with Gasteiger partial charge in [0.05, 0.1) is 11.7 Å². The third-order valence-corrected chi connectivity index (χ3v) is 7.39. The summed E-state index contributed by atoms with van der Waals surface area (Å²) >= 11 is 10.00. The van der Waals surface area contributed by atoms with Gasteiger partial charge < -0.3 is 9.64 Å². The van der Waals surface area contributed by atoms with E-state index in [4.69, 9.17) is 16.3 Å². The van der Waals surface area contributed by atoms with Crippen LogP contribution >= 0.6 is 35.1 Å². The highest BCUT2D eigenvalue weighted by molar-refractivity contribution is 8.19. The molecule has 132 valence electrons. The van der Waals surface area contributed by atoms with Gasteiger partial charge >= 0.3 is 0 Å². The fourth-order valence-electron chi connectivity index (χ4n) is 2.75. The van der Waals surface area contributed by atoms with Crippen molar-refractivity contribution >= 4 is 41.0 Å². The topological polar surface area (TPSA) is 29.5 Å². The number of thioether (sulfide) groups is 2. The van der Waals surface area contributed by atoms with Crippen LogP contribution in [0.3, 0.4) is 0 Å². The lowest BCUT2D eigenvalue weighted by Gasteiger charge is -2.19. The summed E-state index contributed by atoms with van der Waals surface area (Å²) in [6.45, 7) is 0.443. The van der Waals surface area contributed by atoms with Gasteiger partial charge in [-0.25, -0.2) is 0 Å². The molecule has 1 heterocycles. The van der Waals surface area contributed by atoms with Gasteiger partial charge in [0.1, 0.15) is 5.75 Å². The molecule has 1 aliphatic heterocycles. The highest BCUT2D eigenvalue weighted by Gasteiger charge is 2.19. The van der Waals surface area contributed by atoms with Crippen molar-refractivity contribution in [2.45, 2.75) is 11.1 Å². The van der Waals surface area contributed by atoms with Gasteiger partial charge in [-0.2, -0.15) is 0 Å². The number of halogens is 1. The molecule has 0 aliphatic carbocycles. The van der Waals surface area contributed by atoms with Crippen molar-refractivity contribution in [2.75, 3.05) is 25.7 Å². The Kier molecular flexibility index (Phi) is 6.20. The molecule has 0 saturated carbocycles. The predicted molar refractivity (Wildman–Crippen MR) is 108 cm³/mol. The van der Waals surface area contributed by atoms with E-state index in [0.717, 1.165) is 11.3 Å². The van der Waals surface area contributed by atoms with Crippen LogP contribution in [0, 0.1) is 0 Å². The number of methoxy groups -OCH3 is 1. The maximum absolute atomic E-state index is 12.7. The minimum Gasteiger partial charge on any atom is -0.496 e.